The molecule has 0 radical (unpaired) electrons. The van der Waals surface area contributed by atoms with Gasteiger partial charge < -0.3 is 15.2 Å². The third kappa shape index (κ3) is 4.90. The van der Waals surface area contributed by atoms with Crippen LogP contribution < -0.4 is 5.32 Å². The highest BCUT2D eigenvalue weighted by Gasteiger charge is 2.48. The molecule has 1 saturated carbocycles. The Morgan fingerprint density at radius 1 is 0.920 bits per heavy atom. The van der Waals surface area contributed by atoms with Gasteiger partial charge >= 0.3 is 5.97 Å². The number of carbonyl (C=O) groups is 2. The molecule has 3 rings (SSSR count). The molecule has 0 saturated heterocycles. The Labute approximate surface area is 146 Å². The SMILES string of the molecule is O=C(O)C1CC1C(=O)NCc1ccc(COCc2ccccc2)cc1. The smallest absolute Gasteiger partial charge is 0.307 e. The monoisotopic (exact) mass is 339 g/mol. The number of hydrogen-bond acceptors (Lipinski definition) is 3. The molecule has 2 aromatic carbocycles. The lowest BCUT2D eigenvalue weighted by atomic mass is 10.1. The van der Waals surface area contributed by atoms with E-state index in [0.29, 0.717) is 26.2 Å². The first-order valence-corrected chi connectivity index (χ1v) is 8.33. The summed E-state index contributed by atoms with van der Waals surface area (Å²) in [4.78, 5) is 22.6. The van der Waals surface area contributed by atoms with E-state index in [4.69, 9.17) is 9.84 Å². The molecule has 5 heteroatoms. The first-order valence-electron chi connectivity index (χ1n) is 8.33. The van der Waals surface area contributed by atoms with Crippen molar-refractivity contribution in [1.29, 1.82) is 0 Å². The van der Waals surface area contributed by atoms with Gasteiger partial charge in [0.2, 0.25) is 5.91 Å². The predicted octanol–water partition coefficient (Wildman–Crippen LogP) is 2.74. The molecule has 0 aromatic heterocycles. The van der Waals surface area contributed by atoms with Gasteiger partial charge in [-0.25, -0.2) is 0 Å². The van der Waals surface area contributed by atoms with Crippen LogP contribution >= 0.6 is 0 Å². The van der Waals surface area contributed by atoms with Crippen LogP contribution in [0.5, 0.6) is 0 Å². The Morgan fingerprint density at radius 3 is 2.12 bits per heavy atom. The van der Waals surface area contributed by atoms with E-state index in [2.05, 4.69) is 5.32 Å². The molecule has 0 aliphatic heterocycles. The molecule has 0 spiro atoms. The molecule has 1 aliphatic rings. The van der Waals surface area contributed by atoms with Crippen molar-refractivity contribution in [2.45, 2.75) is 26.2 Å². The lowest BCUT2D eigenvalue weighted by Crippen LogP contribution is -2.25. The third-order valence-corrected chi connectivity index (χ3v) is 4.31. The summed E-state index contributed by atoms with van der Waals surface area (Å²) < 4.78 is 5.69. The quantitative estimate of drug-likeness (QED) is 0.775. The van der Waals surface area contributed by atoms with E-state index in [9.17, 15) is 9.59 Å². The Balaban J connectivity index is 1.40. The van der Waals surface area contributed by atoms with Crippen LogP contribution in [0.25, 0.3) is 0 Å². The van der Waals surface area contributed by atoms with Gasteiger partial charge in [0.05, 0.1) is 25.0 Å². The first kappa shape index (κ1) is 17.2. The average Bonchev–Trinajstić information content (AvgIpc) is 3.43. The number of aliphatic carboxylic acids is 1. The largest absolute Gasteiger partial charge is 0.481 e. The molecule has 25 heavy (non-hydrogen) atoms. The molecule has 1 amide bonds. The second kappa shape index (κ2) is 7.94. The van der Waals surface area contributed by atoms with Crippen molar-refractivity contribution in [2.75, 3.05) is 0 Å². The second-order valence-electron chi connectivity index (χ2n) is 6.30. The minimum atomic E-state index is -0.889. The normalized spacial score (nSPS) is 18.6. The number of ether oxygens (including phenoxy) is 1. The molecule has 2 N–H and O–H groups in total. The van der Waals surface area contributed by atoms with Gasteiger partial charge in [0.15, 0.2) is 0 Å². The fourth-order valence-corrected chi connectivity index (χ4v) is 2.69. The van der Waals surface area contributed by atoms with E-state index in [1.165, 1.54) is 0 Å². The second-order valence-corrected chi connectivity index (χ2v) is 6.30. The minimum Gasteiger partial charge on any atom is -0.481 e. The lowest BCUT2D eigenvalue weighted by Gasteiger charge is -2.07. The number of carboxylic acids is 1. The number of carbonyl (C=O) groups excluding carboxylic acids is 1. The molecule has 2 unspecified atom stereocenters. The number of carboxylic acid groups (broad SMARTS) is 1. The van der Waals surface area contributed by atoms with Crippen molar-refractivity contribution in [3.8, 4) is 0 Å². The molecule has 0 heterocycles. The van der Waals surface area contributed by atoms with Gasteiger partial charge in [0.1, 0.15) is 0 Å². The molecule has 130 valence electrons. The van der Waals surface area contributed by atoms with Gasteiger partial charge in [-0.05, 0) is 23.1 Å². The molecule has 5 nitrogen and oxygen atoms in total. The maximum absolute atomic E-state index is 11.8. The lowest BCUT2D eigenvalue weighted by molar-refractivity contribution is -0.140. The summed E-state index contributed by atoms with van der Waals surface area (Å²) in [5, 5.41) is 11.6. The average molecular weight is 339 g/mol. The number of hydrogen-bond donors (Lipinski definition) is 2. The standard InChI is InChI=1S/C20H21NO4/c22-19(17-10-18(17)20(23)24)21-11-14-6-8-16(9-7-14)13-25-12-15-4-2-1-3-5-15/h1-9,17-18H,10-13H2,(H,21,22)(H,23,24). The van der Waals surface area contributed by atoms with Crippen molar-refractivity contribution in [1.82, 2.24) is 5.32 Å². The van der Waals surface area contributed by atoms with Crippen LogP contribution in [0.1, 0.15) is 23.1 Å². The first-order chi connectivity index (χ1) is 12.1. The Hall–Kier alpha value is -2.66. The molecule has 2 aromatic rings. The van der Waals surface area contributed by atoms with E-state index in [-0.39, 0.29) is 11.8 Å². The highest BCUT2D eigenvalue weighted by molar-refractivity contribution is 5.89. The molecular formula is C20H21NO4. The zero-order chi connectivity index (χ0) is 17.6. The Bertz CT molecular complexity index is 727. The van der Waals surface area contributed by atoms with Gasteiger partial charge in [0, 0.05) is 6.54 Å². The van der Waals surface area contributed by atoms with Crippen molar-refractivity contribution in [3.63, 3.8) is 0 Å². The summed E-state index contributed by atoms with van der Waals surface area (Å²) in [7, 11) is 0. The Kier molecular flexibility index (Phi) is 5.46. The van der Waals surface area contributed by atoms with Crippen LogP contribution in [-0.4, -0.2) is 17.0 Å². The van der Waals surface area contributed by atoms with Crippen LogP contribution in [0.3, 0.4) is 0 Å². The Morgan fingerprint density at radius 2 is 1.52 bits per heavy atom. The van der Waals surface area contributed by atoms with E-state index >= 15 is 0 Å². The van der Waals surface area contributed by atoms with Gasteiger partial charge in [0.25, 0.3) is 0 Å². The topological polar surface area (TPSA) is 75.6 Å². The summed E-state index contributed by atoms with van der Waals surface area (Å²) >= 11 is 0. The molecule has 2 atom stereocenters. The molecule has 1 fully saturated rings. The van der Waals surface area contributed by atoms with Gasteiger partial charge in [-0.15, -0.1) is 0 Å². The van der Waals surface area contributed by atoms with Crippen LogP contribution in [0.2, 0.25) is 0 Å². The summed E-state index contributed by atoms with van der Waals surface area (Å²) in [6, 6.07) is 17.9. The molecule has 1 aliphatic carbocycles. The fraction of sp³-hybridized carbons (Fsp3) is 0.300. The third-order valence-electron chi connectivity index (χ3n) is 4.31. The maximum Gasteiger partial charge on any atom is 0.307 e. The van der Waals surface area contributed by atoms with Crippen LogP contribution in [0.4, 0.5) is 0 Å². The summed E-state index contributed by atoms with van der Waals surface area (Å²) in [6.07, 6.45) is 0.443. The minimum absolute atomic E-state index is 0.178. The van der Waals surface area contributed by atoms with Gasteiger partial charge in [-0.1, -0.05) is 54.6 Å². The van der Waals surface area contributed by atoms with E-state index in [1.807, 2.05) is 54.6 Å². The number of benzene rings is 2. The van der Waals surface area contributed by atoms with Crippen LogP contribution in [0, 0.1) is 11.8 Å². The zero-order valence-electron chi connectivity index (χ0n) is 13.9. The van der Waals surface area contributed by atoms with Gasteiger partial charge in [-0.3, -0.25) is 9.59 Å². The van der Waals surface area contributed by atoms with E-state index in [0.717, 1.165) is 16.7 Å². The van der Waals surface area contributed by atoms with Crippen LogP contribution in [0.15, 0.2) is 54.6 Å². The summed E-state index contributed by atoms with van der Waals surface area (Å²) in [6.45, 7) is 1.52. The van der Waals surface area contributed by atoms with Crippen LogP contribution in [-0.2, 0) is 34.1 Å². The van der Waals surface area contributed by atoms with Crippen molar-refractivity contribution < 1.29 is 19.4 Å². The zero-order valence-corrected chi connectivity index (χ0v) is 13.9. The predicted molar refractivity (Wildman–Crippen MR) is 92.5 cm³/mol. The number of nitrogens with one attached hydrogen (secondary N) is 1. The number of rotatable bonds is 8. The van der Waals surface area contributed by atoms with E-state index < -0.39 is 11.9 Å². The summed E-state index contributed by atoms with van der Waals surface area (Å²) in [5.41, 5.74) is 3.19. The molecule has 0 bridgehead atoms. The van der Waals surface area contributed by atoms with Crippen molar-refractivity contribution in [2.24, 2.45) is 11.8 Å². The van der Waals surface area contributed by atoms with Gasteiger partial charge in [-0.2, -0.15) is 0 Å². The molecular weight excluding hydrogens is 318 g/mol. The highest BCUT2D eigenvalue weighted by Crippen LogP contribution is 2.38. The number of amides is 1. The maximum atomic E-state index is 11.8. The summed E-state index contributed by atoms with van der Waals surface area (Å²) in [5.74, 6) is -1.95. The van der Waals surface area contributed by atoms with Crippen molar-refractivity contribution >= 4 is 11.9 Å². The van der Waals surface area contributed by atoms with Crippen molar-refractivity contribution in [3.05, 3.63) is 71.3 Å². The fourth-order valence-electron chi connectivity index (χ4n) is 2.69. The highest BCUT2D eigenvalue weighted by atomic mass is 16.5. The van der Waals surface area contributed by atoms with E-state index in [1.54, 1.807) is 0 Å².